The van der Waals surface area contributed by atoms with Gasteiger partial charge in [-0.3, -0.25) is 4.79 Å². The van der Waals surface area contributed by atoms with Gasteiger partial charge in [-0.1, -0.05) is 30.3 Å². The molecule has 0 saturated carbocycles. The number of fused-ring (bicyclic) bond motifs is 1. The second-order valence-electron chi connectivity index (χ2n) is 6.82. The number of benzene rings is 3. The summed E-state index contributed by atoms with van der Waals surface area (Å²) in [5, 5.41) is 0. The first kappa shape index (κ1) is 20.2. The minimum atomic E-state index is -0.384. The third-order valence-electron chi connectivity index (χ3n) is 4.85. The van der Waals surface area contributed by atoms with Crippen molar-refractivity contribution in [3.63, 3.8) is 0 Å². The van der Waals surface area contributed by atoms with Crippen molar-refractivity contribution in [1.82, 2.24) is 0 Å². The van der Waals surface area contributed by atoms with Crippen LogP contribution in [0.15, 0.2) is 72.5 Å². The summed E-state index contributed by atoms with van der Waals surface area (Å²) in [6.45, 7) is 0.304. The van der Waals surface area contributed by atoms with Gasteiger partial charge < -0.3 is 18.9 Å². The summed E-state index contributed by atoms with van der Waals surface area (Å²) >= 11 is 0. The molecule has 156 valence electrons. The van der Waals surface area contributed by atoms with Gasteiger partial charge in [-0.2, -0.15) is 0 Å². The Balaban J connectivity index is 1.47. The van der Waals surface area contributed by atoms with Crippen LogP contribution in [-0.2, 0) is 11.3 Å². The predicted octanol–water partition coefficient (Wildman–Crippen LogP) is 4.68. The number of ether oxygens (including phenoxy) is 4. The van der Waals surface area contributed by atoms with Crippen LogP contribution in [0, 0.1) is 0 Å². The van der Waals surface area contributed by atoms with Crippen molar-refractivity contribution in [2.75, 3.05) is 14.2 Å². The minimum absolute atomic E-state index is 0.189. The number of allylic oxidation sites excluding steroid dienone is 1. The maximum atomic E-state index is 12.7. The van der Waals surface area contributed by atoms with Crippen molar-refractivity contribution in [1.29, 1.82) is 0 Å². The standard InChI is InChI=1S/C25H20O6/c1-28-21-6-4-3-5-18(21)13-23-24(26)20-12-11-19(14-22(20)31-23)30-15-16-7-9-17(10-8-16)25(27)29-2/h3-14H,15H2,1-2H3/b23-13-. The molecule has 4 rings (SSSR count). The third kappa shape index (κ3) is 4.28. The first-order valence-corrected chi connectivity index (χ1v) is 9.60. The Bertz CT molecular complexity index is 1160. The highest BCUT2D eigenvalue weighted by Crippen LogP contribution is 2.35. The van der Waals surface area contributed by atoms with E-state index in [2.05, 4.69) is 0 Å². The van der Waals surface area contributed by atoms with E-state index < -0.39 is 0 Å². The highest BCUT2D eigenvalue weighted by molar-refractivity contribution is 6.14. The fraction of sp³-hybridized carbons (Fsp3) is 0.120. The molecule has 3 aromatic carbocycles. The lowest BCUT2D eigenvalue weighted by atomic mass is 10.1. The van der Waals surface area contributed by atoms with Gasteiger partial charge in [-0.05, 0) is 42.0 Å². The quantitative estimate of drug-likeness (QED) is 0.429. The molecule has 0 fully saturated rings. The van der Waals surface area contributed by atoms with E-state index in [0.717, 1.165) is 11.1 Å². The Morgan fingerprint density at radius 3 is 2.52 bits per heavy atom. The summed E-state index contributed by atoms with van der Waals surface area (Å²) in [4.78, 5) is 24.2. The molecule has 0 spiro atoms. The summed E-state index contributed by atoms with van der Waals surface area (Å²) in [7, 11) is 2.92. The third-order valence-corrected chi connectivity index (χ3v) is 4.85. The molecule has 0 bridgehead atoms. The Labute approximate surface area is 179 Å². The zero-order valence-electron chi connectivity index (χ0n) is 17.1. The molecule has 0 unspecified atom stereocenters. The van der Waals surface area contributed by atoms with Crippen LogP contribution in [0.3, 0.4) is 0 Å². The van der Waals surface area contributed by atoms with Gasteiger partial charge in [0.25, 0.3) is 0 Å². The average Bonchev–Trinajstić information content (AvgIpc) is 3.12. The van der Waals surface area contributed by atoms with E-state index in [1.807, 2.05) is 24.3 Å². The fourth-order valence-corrected chi connectivity index (χ4v) is 3.21. The number of para-hydroxylation sites is 1. The van der Waals surface area contributed by atoms with Crippen molar-refractivity contribution in [2.45, 2.75) is 6.61 Å². The van der Waals surface area contributed by atoms with Crippen molar-refractivity contribution in [3.05, 3.63) is 94.7 Å². The average molecular weight is 416 g/mol. The van der Waals surface area contributed by atoms with E-state index in [1.165, 1.54) is 7.11 Å². The van der Waals surface area contributed by atoms with Gasteiger partial charge in [-0.15, -0.1) is 0 Å². The second kappa shape index (κ2) is 8.75. The van der Waals surface area contributed by atoms with Gasteiger partial charge in [0.15, 0.2) is 5.76 Å². The number of esters is 1. The van der Waals surface area contributed by atoms with Gasteiger partial charge >= 0.3 is 5.97 Å². The van der Waals surface area contributed by atoms with E-state index in [9.17, 15) is 9.59 Å². The molecule has 0 saturated heterocycles. The Morgan fingerprint density at radius 2 is 1.77 bits per heavy atom. The zero-order valence-corrected chi connectivity index (χ0v) is 17.1. The number of methoxy groups -OCH3 is 2. The SMILES string of the molecule is COC(=O)c1ccc(COc2ccc3c(c2)O/C(=C\c2ccccc2OC)C3=O)cc1. The topological polar surface area (TPSA) is 71.1 Å². The van der Waals surface area contributed by atoms with E-state index in [0.29, 0.717) is 35.0 Å². The second-order valence-corrected chi connectivity index (χ2v) is 6.82. The van der Waals surface area contributed by atoms with Crippen LogP contribution in [0.4, 0.5) is 0 Å². The molecule has 6 heteroatoms. The largest absolute Gasteiger partial charge is 0.496 e. The molecule has 0 aromatic heterocycles. The molecular weight excluding hydrogens is 396 g/mol. The van der Waals surface area contributed by atoms with Crippen LogP contribution in [0.2, 0.25) is 0 Å². The number of hydrogen-bond acceptors (Lipinski definition) is 6. The van der Waals surface area contributed by atoms with E-state index in [-0.39, 0.29) is 17.5 Å². The number of hydrogen-bond donors (Lipinski definition) is 0. The van der Waals surface area contributed by atoms with Crippen molar-refractivity contribution in [2.24, 2.45) is 0 Å². The first-order chi connectivity index (χ1) is 15.1. The molecule has 1 aliphatic heterocycles. The molecule has 0 amide bonds. The number of rotatable bonds is 6. The van der Waals surface area contributed by atoms with Crippen LogP contribution < -0.4 is 14.2 Å². The summed E-state index contributed by atoms with van der Waals surface area (Å²) in [6.07, 6.45) is 1.67. The minimum Gasteiger partial charge on any atom is -0.496 e. The Kier molecular flexibility index (Phi) is 5.71. The van der Waals surface area contributed by atoms with Crippen LogP contribution in [0.1, 0.15) is 31.8 Å². The number of ketones is 1. The summed E-state index contributed by atoms with van der Waals surface area (Å²) in [5.41, 5.74) is 2.61. The normalized spacial score (nSPS) is 13.5. The lowest BCUT2D eigenvalue weighted by Gasteiger charge is -2.08. The van der Waals surface area contributed by atoms with Gasteiger partial charge in [0, 0.05) is 11.6 Å². The smallest absolute Gasteiger partial charge is 0.337 e. The highest BCUT2D eigenvalue weighted by Gasteiger charge is 2.28. The fourth-order valence-electron chi connectivity index (χ4n) is 3.21. The van der Waals surface area contributed by atoms with E-state index in [4.69, 9.17) is 18.9 Å². The Morgan fingerprint density at radius 1 is 1.00 bits per heavy atom. The summed E-state index contributed by atoms with van der Waals surface area (Å²) < 4.78 is 21.6. The first-order valence-electron chi connectivity index (χ1n) is 9.60. The highest BCUT2D eigenvalue weighted by atomic mass is 16.5. The molecule has 0 aliphatic carbocycles. The molecule has 1 aliphatic rings. The van der Waals surface area contributed by atoms with Crippen LogP contribution in [0.5, 0.6) is 17.2 Å². The van der Waals surface area contributed by atoms with Crippen molar-refractivity contribution >= 4 is 17.8 Å². The lowest BCUT2D eigenvalue weighted by molar-refractivity contribution is 0.0600. The predicted molar refractivity (Wildman–Crippen MR) is 114 cm³/mol. The molecule has 1 heterocycles. The molecular formula is C25H20O6. The van der Waals surface area contributed by atoms with Crippen LogP contribution in [-0.4, -0.2) is 26.0 Å². The maximum absolute atomic E-state index is 12.7. The van der Waals surface area contributed by atoms with Gasteiger partial charge in [-0.25, -0.2) is 4.79 Å². The van der Waals surface area contributed by atoms with Crippen molar-refractivity contribution < 1.29 is 28.5 Å². The number of carbonyl (C=O) groups excluding carboxylic acids is 2. The summed E-state index contributed by atoms with van der Waals surface area (Å²) in [5.74, 6) is 1.34. The zero-order chi connectivity index (χ0) is 21.8. The van der Waals surface area contributed by atoms with Crippen molar-refractivity contribution in [3.8, 4) is 17.2 Å². The molecule has 3 aromatic rings. The monoisotopic (exact) mass is 416 g/mol. The van der Waals surface area contributed by atoms with E-state index >= 15 is 0 Å². The van der Waals surface area contributed by atoms with Crippen LogP contribution >= 0.6 is 0 Å². The Hall–Kier alpha value is -4.06. The molecule has 6 nitrogen and oxygen atoms in total. The van der Waals surface area contributed by atoms with Gasteiger partial charge in [0.05, 0.1) is 25.3 Å². The van der Waals surface area contributed by atoms with E-state index in [1.54, 1.807) is 55.7 Å². The maximum Gasteiger partial charge on any atom is 0.337 e. The molecule has 31 heavy (non-hydrogen) atoms. The number of Topliss-reactive ketones (excluding diaryl/α,β-unsaturated/α-hetero) is 1. The van der Waals surface area contributed by atoms with Crippen LogP contribution in [0.25, 0.3) is 6.08 Å². The molecule has 0 N–H and O–H groups in total. The molecule has 0 atom stereocenters. The van der Waals surface area contributed by atoms with Gasteiger partial charge in [0.1, 0.15) is 23.9 Å². The molecule has 0 radical (unpaired) electrons. The number of carbonyl (C=O) groups is 2. The lowest BCUT2D eigenvalue weighted by Crippen LogP contribution is -2.02. The van der Waals surface area contributed by atoms with Gasteiger partial charge in [0.2, 0.25) is 5.78 Å². The summed E-state index contributed by atoms with van der Waals surface area (Å²) in [6, 6.07) is 19.5.